The summed E-state index contributed by atoms with van der Waals surface area (Å²) in [4.78, 5) is 13.1. The minimum absolute atomic E-state index is 0.389. The lowest BCUT2D eigenvalue weighted by molar-refractivity contribution is -0.142. The normalized spacial score (nSPS) is 12.9. The molecule has 5 heteroatoms. The molecule has 0 spiro atoms. The number of nitriles is 1. The molecule has 0 radical (unpaired) electrons. The molecule has 2 aromatic carbocycles. The molecule has 118 valence electrons. The number of carboxylic acids is 1. The van der Waals surface area contributed by atoms with E-state index in [2.05, 4.69) is 11.4 Å². The van der Waals surface area contributed by atoms with Gasteiger partial charge in [0.1, 0.15) is 0 Å². The molecule has 1 atom stereocenters. The Morgan fingerprint density at radius 2 is 2.00 bits per heavy atom. The molecule has 0 aliphatic heterocycles. The van der Waals surface area contributed by atoms with E-state index in [1.54, 1.807) is 36.0 Å². The van der Waals surface area contributed by atoms with Crippen LogP contribution in [0.15, 0.2) is 53.4 Å². The topological polar surface area (TPSA) is 73.1 Å². The summed E-state index contributed by atoms with van der Waals surface area (Å²) < 4.78 is 0. The molecule has 2 N–H and O–H groups in total. The van der Waals surface area contributed by atoms with Crippen LogP contribution in [0, 0.1) is 11.3 Å². The number of benzene rings is 2. The Labute approximate surface area is 140 Å². The van der Waals surface area contributed by atoms with E-state index in [0.717, 1.165) is 4.90 Å². The van der Waals surface area contributed by atoms with Gasteiger partial charge >= 0.3 is 5.97 Å². The van der Waals surface area contributed by atoms with Crippen LogP contribution in [-0.4, -0.2) is 17.3 Å². The van der Waals surface area contributed by atoms with Crippen LogP contribution >= 0.6 is 11.8 Å². The minimum Gasteiger partial charge on any atom is -0.479 e. The first kappa shape index (κ1) is 16.9. The van der Waals surface area contributed by atoms with Gasteiger partial charge in [-0.2, -0.15) is 5.26 Å². The number of nitrogens with zero attached hydrogens (tertiary/aromatic N) is 1. The van der Waals surface area contributed by atoms with Gasteiger partial charge in [-0.3, -0.25) is 0 Å². The second-order valence-corrected chi connectivity index (χ2v) is 5.99. The smallest absolute Gasteiger partial charge is 0.334 e. The Balaban J connectivity index is 2.46. The Hall–Kier alpha value is -2.45. The first-order chi connectivity index (χ1) is 11.1. The summed E-state index contributed by atoms with van der Waals surface area (Å²) >= 11 is 1.58. The maximum Gasteiger partial charge on any atom is 0.334 e. The molecule has 0 amide bonds. The summed E-state index contributed by atoms with van der Waals surface area (Å²) in [6.07, 6.45) is 2.35. The van der Waals surface area contributed by atoms with Crippen LogP contribution in [0.3, 0.4) is 0 Å². The maximum atomic E-state index is 12.1. The molecule has 0 saturated carbocycles. The van der Waals surface area contributed by atoms with Crippen molar-refractivity contribution in [2.75, 3.05) is 11.6 Å². The van der Waals surface area contributed by atoms with E-state index in [1.165, 1.54) is 0 Å². The predicted octanol–water partition coefficient (Wildman–Crippen LogP) is 4.08. The van der Waals surface area contributed by atoms with Crippen LogP contribution in [0.1, 0.15) is 24.5 Å². The lowest BCUT2D eigenvalue weighted by Crippen LogP contribution is -2.43. The fraction of sp³-hybridized carbons (Fsp3) is 0.222. The fourth-order valence-corrected chi connectivity index (χ4v) is 2.92. The highest BCUT2D eigenvalue weighted by atomic mass is 32.2. The number of carbonyl (C=O) groups is 1. The molecule has 0 aromatic heterocycles. The van der Waals surface area contributed by atoms with Gasteiger partial charge in [-0.05, 0) is 54.6 Å². The van der Waals surface area contributed by atoms with Gasteiger partial charge in [0.2, 0.25) is 0 Å². The zero-order valence-corrected chi connectivity index (χ0v) is 13.9. The van der Waals surface area contributed by atoms with Crippen LogP contribution in [0.2, 0.25) is 0 Å². The van der Waals surface area contributed by atoms with Crippen LogP contribution < -0.4 is 5.32 Å². The van der Waals surface area contributed by atoms with Crippen molar-refractivity contribution in [2.24, 2.45) is 0 Å². The number of aliphatic carboxylic acids is 1. The average molecular weight is 326 g/mol. The molecule has 0 aliphatic carbocycles. The SMILES string of the molecule is CCC(Nc1ccc(C#N)cc1)(C(=O)O)c1cccc(SC)c1. The molecular weight excluding hydrogens is 308 g/mol. The standard InChI is InChI=1S/C18H18N2O2S/c1-3-18(17(21)22,14-5-4-6-16(11-14)23-2)20-15-9-7-13(12-19)8-10-15/h4-11,20H,3H2,1-2H3,(H,21,22). The van der Waals surface area contributed by atoms with E-state index in [9.17, 15) is 9.90 Å². The average Bonchev–Trinajstić information content (AvgIpc) is 2.60. The van der Waals surface area contributed by atoms with Gasteiger partial charge in [0.25, 0.3) is 0 Å². The van der Waals surface area contributed by atoms with Crippen molar-refractivity contribution in [3.05, 3.63) is 59.7 Å². The van der Waals surface area contributed by atoms with Crippen LogP contribution in [0.5, 0.6) is 0 Å². The third-order valence-corrected chi connectivity index (χ3v) is 4.56. The van der Waals surface area contributed by atoms with Crippen LogP contribution in [0.25, 0.3) is 0 Å². The summed E-state index contributed by atoms with van der Waals surface area (Å²) in [6.45, 7) is 1.84. The Morgan fingerprint density at radius 3 is 2.52 bits per heavy atom. The van der Waals surface area contributed by atoms with E-state index in [-0.39, 0.29) is 0 Å². The van der Waals surface area contributed by atoms with Crippen molar-refractivity contribution in [3.8, 4) is 6.07 Å². The second-order valence-electron chi connectivity index (χ2n) is 5.11. The molecule has 0 bridgehead atoms. The first-order valence-electron chi connectivity index (χ1n) is 7.22. The molecule has 0 saturated heterocycles. The van der Waals surface area contributed by atoms with Gasteiger partial charge in [0.05, 0.1) is 11.6 Å². The van der Waals surface area contributed by atoms with Crippen molar-refractivity contribution < 1.29 is 9.90 Å². The van der Waals surface area contributed by atoms with Gasteiger partial charge in [-0.25, -0.2) is 4.79 Å². The molecule has 2 aromatic rings. The van der Waals surface area contributed by atoms with Crippen LogP contribution in [-0.2, 0) is 10.3 Å². The Kier molecular flexibility index (Phi) is 5.30. The van der Waals surface area contributed by atoms with Crippen LogP contribution in [0.4, 0.5) is 5.69 Å². The molecular formula is C18H18N2O2S. The van der Waals surface area contributed by atoms with Crippen molar-refractivity contribution >= 4 is 23.4 Å². The summed E-state index contributed by atoms with van der Waals surface area (Å²) in [5.41, 5.74) is 0.712. The highest BCUT2D eigenvalue weighted by Gasteiger charge is 2.38. The lowest BCUT2D eigenvalue weighted by Gasteiger charge is -2.31. The number of rotatable bonds is 6. The second kappa shape index (κ2) is 7.21. The van der Waals surface area contributed by atoms with E-state index in [1.807, 2.05) is 37.4 Å². The number of thioether (sulfide) groups is 1. The van der Waals surface area contributed by atoms with Crippen molar-refractivity contribution in [3.63, 3.8) is 0 Å². The number of nitrogens with one attached hydrogen (secondary N) is 1. The van der Waals surface area contributed by atoms with Crippen molar-refractivity contribution in [1.29, 1.82) is 5.26 Å². The molecule has 1 unspecified atom stereocenters. The maximum absolute atomic E-state index is 12.1. The summed E-state index contributed by atoms with van der Waals surface area (Å²) in [6, 6.07) is 16.4. The van der Waals surface area contributed by atoms with Crippen molar-refractivity contribution in [2.45, 2.75) is 23.8 Å². The van der Waals surface area contributed by atoms with Gasteiger partial charge < -0.3 is 10.4 Å². The third-order valence-electron chi connectivity index (χ3n) is 3.83. The highest BCUT2D eigenvalue weighted by molar-refractivity contribution is 7.98. The molecule has 0 aliphatic rings. The molecule has 4 nitrogen and oxygen atoms in total. The largest absolute Gasteiger partial charge is 0.479 e. The zero-order valence-electron chi connectivity index (χ0n) is 13.0. The van der Waals surface area contributed by atoms with E-state index < -0.39 is 11.5 Å². The molecule has 0 fully saturated rings. The molecule has 2 rings (SSSR count). The highest BCUT2D eigenvalue weighted by Crippen LogP contribution is 2.32. The summed E-state index contributed by atoms with van der Waals surface area (Å²) in [5, 5.41) is 21.9. The molecule has 0 heterocycles. The minimum atomic E-state index is -1.21. The quantitative estimate of drug-likeness (QED) is 0.782. The van der Waals surface area contributed by atoms with Gasteiger partial charge in [-0.15, -0.1) is 11.8 Å². The van der Waals surface area contributed by atoms with Gasteiger partial charge in [0.15, 0.2) is 5.54 Å². The van der Waals surface area contributed by atoms with E-state index in [4.69, 9.17) is 5.26 Å². The number of carboxylic acid groups (broad SMARTS) is 1. The molecule has 23 heavy (non-hydrogen) atoms. The van der Waals surface area contributed by atoms with Gasteiger partial charge in [-0.1, -0.05) is 19.1 Å². The van der Waals surface area contributed by atoms with E-state index in [0.29, 0.717) is 23.2 Å². The third kappa shape index (κ3) is 3.49. The monoisotopic (exact) mass is 326 g/mol. The number of hydrogen-bond donors (Lipinski definition) is 2. The number of hydrogen-bond acceptors (Lipinski definition) is 4. The number of anilines is 1. The van der Waals surface area contributed by atoms with Gasteiger partial charge in [0, 0.05) is 10.6 Å². The predicted molar refractivity (Wildman–Crippen MR) is 92.6 cm³/mol. The lowest BCUT2D eigenvalue weighted by atomic mass is 9.87. The summed E-state index contributed by atoms with van der Waals surface area (Å²) in [5.74, 6) is -0.928. The first-order valence-corrected chi connectivity index (χ1v) is 8.44. The Morgan fingerprint density at radius 1 is 1.30 bits per heavy atom. The fourth-order valence-electron chi connectivity index (χ4n) is 2.46. The zero-order chi connectivity index (χ0) is 16.9. The Bertz CT molecular complexity index is 737. The van der Waals surface area contributed by atoms with Crippen molar-refractivity contribution in [1.82, 2.24) is 0 Å². The summed E-state index contributed by atoms with van der Waals surface area (Å²) in [7, 11) is 0. The van der Waals surface area contributed by atoms with E-state index >= 15 is 0 Å².